The molecule has 0 aromatic rings. The van der Waals surface area contributed by atoms with Crippen molar-refractivity contribution >= 4 is 11.8 Å². The highest BCUT2D eigenvalue weighted by molar-refractivity contribution is 5.79. The molecule has 1 N–H and O–H groups in total. The molecule has 2 amide bonds. The van der Waals surface area contributed by atoms with Crippen LogP contribution in [0.4, 0.5) is 0 Å². The first-order valence-corrected chi connectivity index (χ1v) is 9.26. The Hall–Kier alpha value is -1.06. The van der Waals surface area contributed by atoms with E-state index in [-0.39, 0.29) is 11.8 Å². The minimum absolute atomic E-state index is 0.148. The molecule has 126 valence electrons. The third-order valence-electron chi connectivity index (χ3n) is 5.10. The third kappa shape index (κ3) is 5.29. The molecule has 0 radical (unpaired) electrons. The van der Waals surface area contributed by atoms with E-state index in [1.165, 1.54) is 25.7 Å². The summed E-state index contributed by atoms with van der Waals surface area (Å²) in [5.74, 6) is 1.22. The monoisotopic (exact) mass is 308 g/mol. The van der Waals surface area contributed by atoms with Gasteiger partial charge >= 0.3 is 0 Å². The highest BCUT2D eigenvalue weighted by Gasteiger charge is 2.29. The van der Waals surface area contributed by atoms with E-state index in [1.807, 2.05) is 6.92 Å². The molecule has 1 aliphatic carbocycles. The van der Waals surface area contributed by atoms with Gasteiger partial charge in [0.2, 0.25) is 11.8 Å². The fourth-order valence-electron chi connectivity index (χ4n) is 3.79. The summed E-state index contributed by atoms with van der Waals surface area (Å²) in [5.41, 5.74) is 0. The molecule has 2 rings (SSSR count). The maximum Gasteiger partial charge on any atom is 0.225 e. The third-order valence-corrected chi connectivity index (χ3v) is 5.10. The van der Waals surface area contributed by atoms with Crippen molar-refractivity contribution in [3.63, 3.8) is 0 Å². The Morgan fingerprint density at radius 3 is 2.45 bits per heavy atom. The summed E-state index contributed by atoms with van der Waals surface area (Å²) in [7, 11) is 0. The van der Waals surface area contributed by atoms with E-state index in [0.29, 0.717) is 18.2 Å². The van der Waals surface area contributed by atoms with E-state index in [9.17, 15) is 9.59 Å². The van der Waals surface area contributed by atoms with Crippen LogP contribution in [-0.2, 0) is 9.59 Å². The van der Waals surface area contributed by atoms with E-state index in [4.69, 9.17) is 0 Å². The Labute approximate surface area is 135 Å². The highest BCUT2D eigenvalue weighted by atomic mass is 16.2. The lowest BCUT2D eigenvalue weighted by Crippen LogP contribution is -2.45. The zero-order chi connectivity index (χ0) is 15.8. The van der Waals surface area contributed by atoms with Crippen molar-refractivity contribution in [1.82, 2.24) is 10.2 Å². The van der Waals surface area contributed by atoms with Crippen LogP contribution in [0.25, 0.3) is 0 Å². The fourth-order valence-corrected chi connectivity index (χ4v) is 3.79. The minimum Gasteiger partial charge on any atom is -0.356 e. The van der Waals surface area contributed by atoms with Crippen molar-refractivity contribution < 1.29 is 9.59 Å². The van der Waals surface area contributed by atoms with E-state index in [2.05, 4.69) is 10.2 Å². The number of hydrogen-bond acceptors (Lipinski definition) is 2. The van der Waals surface area contributed by atoms with E-state index in [0.717, 1.165) is 51.7 Å². The number of carbonyl (C=O) groups excluding carboxylic acids is 2. The maximum atomic E-state index is 12.7. The van der Waals surface area contributed by atoms with Crippen LogP contribution in [0.2, 0.25) is 0 Å². The Kier molecular flexibility index (Phi) is 7.20. The molecule has 1 heterocycles. The lowest BCUT2D eigenvalue weighted by molar-refractivity contribution is -0.137. The fraction of sp³-hybridized carbons (Fsp3) is 0.889. The molecule has 1 unspecified atom stereocenters. The van der Waals surface area contributed by atoms with Gasteiger partial charge in [-0.3, -0.25) is 9.59 Å². The van der Waals surface area contributed by atoms with Gasteiger partial charge in [-0.25, -0.2) is 0 Å². The number of amides is 2. The average Bonchev–Trinajstić information content (AvgIpc) is 2.82. The number of rotatable bonds is 5. The molecule has 1 saturated heterocycles. The molecule has 2 fully saturated rings. The maximum absolute atomic E-state index is 12.7. The van der Waals surface area contributed by atoms with Crippen molar-refractivity contribution in [3.8, 4) is 0 Å². The first kappa shape index (κ1) is 17.3. The first-order chi connectivity index (χ1) is 10.7. The van der Waals surface area contributed by atoms with Crippen LogP contribution in [0, 0.1) is 11.8 Å². The lowest BCUT2D eigenvalue weighted by atomic mass is 9.94. The van der Waals surface area contributed by atoms with Crippen LogP contribution in [0.15, 0.2) is 0 Å². The minimum atomic E-state index is 0.148. The first-order valence-electron chi connectivity index (χ1n) is 9.26. The number of likely N-dealkylation sites (tertiary alicyclic amines) is 1. The summed E-state index contributed by atoms with van der Waals surface area (Å²) in [6.45, 7) is 4.50. The van der Waals surface area contributed by atoms with Crippen molar-refractivity contribution in [2.75, 3.05) is 19.6 Å². The normalized spacial score (nSPS) is 23.9. The van der Waals surface area contributed by atoms with Gasteiger partial charge in [-0.15, -0.1) is 0 Å². The van der Waals surface area contributed by atoms with Crippen LogP contribution in [0.3, 0.4) is 0 Å². The van der Waals surface area contributed by atoms with Gasteiger partial charge in [0.25, 0.3) is 0 Å². The number of hydrogen-bond donors (Lipinski definition) is 1. The van der Waals surface area contributed by atoms with E-state index in [1.54, 1.807) is 0 Å². The SMILES string of the molecule is CCCC(=O)NCC1CCCN(C(=O)C2CCCCCC2)C1. The van der Waals surface area contributed by atoms with E-state index < -0.39 is 0 Å². The van der Waals surface area contributed by atoms with Gasteiger partial charge in [0, 0.05) is 32.0 Å². The highest BCUT2D eigenvalue weighted by Crippen LogP contribution is 2.26. The zero-order valence-electron chi connectivity index (χ0n) is 14.1. The van der Waals surface area contributed by atoms with E-state index >= 15 is 0 Å². The number of piperidine rings is 1. The summed E-state index contributed by atoms with van der Waals surface area (Å²) in [4.78, 5) is 26.4. The van der Waals surface area contributed by atoms with Gasteiger partial charge < -0.3 is 10.2 Å². The topological polar surface area (TPSA) is 49.4 Å². The summed E-state index contributed by atoms with van der Waals surface area (Å²) in [5, 5.41) is 3.03. The van der Waals surface area contributed by atoms with Crippen molar-refractivity contribution in [3.05, 3.63) is 0 Å². The standard InChI is InChI=1S/C18H32N2O2/c1-2-8-17(21)19-13-15-9-7-12-20(14-15)18(22)16-10-5-3-4-6-11-16/h15-16H,2-14H2,1H3,(H,19,21). The summed E-state index contributed by atoms with van der Waals surface area (Å²) in [6.07, 6.45) is 10.8. The molecule has 1 aliphatic heterocycles. The van der Waals surface area contributed by atoms with Gasteiger partial charge in [0.05, 0.1) is 0 Å². The van der Waals surface area contributed by atoms with Crippen molar-refractivity contribution in [2.45, 2.75) is 71.1 Å². The van der Waals surface area contributed by atoms with Crippen molar-refractivity contribution in [1.29, 1.82) is 0 Å². The largest absolute Gasteiger partial charge is 0.356 e. The molecule has 22 heavy (non-hydrogen) atoms. The second-order valence-corrected chi connectivity index (χ2v) is 7.04. The Morgan fingerprint density at radius 2 is 1.77 bits per heavy atom. The molecule has 4 heteroatoms. The quantitative estimate of drug-likeness (QED) is 0.793. The van der Waals surface area contributed by atoms with Gasteiger partial charge in [0.1, 0.15) is 0 Å². The van der Waals surface area contributed by atoms with Crippen LogP contribution >= 0.6 is 0 Å². The number of carbonyl (C=O) groups is 2. The molecule has 1 saturated carbocycles. The molecule has 0 aromatic heterocycles. The van der Waals surface area contributed by atoms with Crippen molar-refractivity contribution in [2.24, 2.45) is 11.8 Å². The van der Waals surface area contributed by atoms with Crippen LogP contribution in [-0.4, -0.2) is 36.3 Å². The molecular weight excluding hydrogens is 276 g/mol. The lowest BCUT2D eigenvalue weighted by Gasteiger charge is -2.35. The Balaban J connectivity index is 1.79. The molecule has 0 aromatic carbocycles. The molecule has 0 bridgehead atoms. The van der Waals surface area contributed by atoms with Gasteiger partial charge in [-0.2, -0.15) is 0 Å². The van der Waals surface area contributed by atoms with Gasteiger partial charge in [-0.05, 0) is 38.0 Å². The number of nitrogens with one attached hydrogen (secondary N) is 1. The Bertz CT molecular complexity index is 362. The molecule has 2 aliphatic rings. The number of nitrogens with zero attached hydrogens (tertiary/aromatic N) is 1. The zero-order valence-corrected chi connectivity index (χ0v) is 14.1. The molecule has 1 atom stereocenters. The smallest absolute Gasteiger partial charge is 0.225 e. The van der Waals surface area contributed by atoms with Crippen LogP contribution < -0.4 is 5.32 Å². The van der Waals surface area contributed by atoms with Gasteiger partial charge in [0.15, 0.2) is 0 Å². The molecule has 4 nitrogen and oxygen atoms in total. The predicted octanol–water partition coefficient (Wildman–Crippen LogP) is 3.11. The predicted molar refractivity (Wildman–Crippen MR) is 88.4 cm³/mol. The van der Waals surface area contributed by atoms with Crippen LogP contribution in [0.1, 0.15) is 71.1 Å². The Morgan fingerprint density at radius 1 is 1.05 bits per heavy atom. The summed E-state index contributed by atoms with van der Waals surface area (Å²) < 4.78 is 0. The summed E-state index contributed by atoms with van der Waals surface area (Å²) >= 11 is 0. The van der Waals surface area contributed by atoms with Gasteiger partial charge in [-0.1, -0.05) is 32.6 Å². The molecular formula is C18H32N2O2. The second-order valence-electron chi connectivity index (χ2n) is 7.04. The second kappa shape index (κ2) is 9.16. The summed E-state index contributed by atoms with van der Waals surface area (Å²) in [6, 6.07) is 0. The van der Waals surface area contributed by atoms with Crippen LogP contribution in [0.5, 0.6) is 0 Å². The molecule has 0 spiro atoms. The average molecular weight is 308 g/mol.